The Kier molecular flexibility index (Phi) is 6.03. The summed E-state index contributed by atoms with van der Waals surface area (Å²) in [6.45, 7) is 2.84. The van der Waals surface area contributed by atoms with Crippen molar-refractivity contribution in [3.8, 4) is 0 Å². The molecule has 0 bridgehead atoms. The number of amides is 1. The van der Waals surface area contributed by atoms with Gasteiger partial charge in [0.1, 0.15) is 5.82 Å². The van der Waals surface area contributed by atoms with Gasteiger partial charge in [-0.3, -0.25) is 9.59 Å². The number of nitrogens with one attached hydrogen (secondary N) is 1. The molecule has 0 saturated heterocycles. The molecule has 2 rings (SSSR count). The van der Waals surface area contributed by atoms with Gasteiger partial charge < -0.3 is 10.1 Å². The number of ketones is 1. The number of hydrogen-bond donors (Lipinski definition) is 1. The van der Waals surface area contributed by atoms with E-state index in [-0.39, 0.29) is 21.7 Å². The molecule has 0 spiro atoms. The van der Waals surface area contributed by atoms with E-state index in [1.807, 2.05) is 0 Å². The first kappa shape index (κ1) is 18.8. The van der Waals surface area contributed by atoms with Gasteiger partial charge in [0.15, 0.2) is 6.10 Å². The Morgan fingerprint density at radius 3 is 2.32 bits per heavy atom. The molecule has 7 heteroatoms. The van der Waals surface area contributed by atoms with Crippen LogP contribution in [0.4, 0.5) is 10.1 Å². The number of carbonyl (C=O) groups is 3. The molecule has 25 heavy (non-hydrogen) atoms. The number of benzene rings is 2. The minimum Gasteiger partial charge on any atom is -0.451 e. The largest absolute Gasteiger partial charge is 0.451 e. The highest BCUT2D eigenvalue weighted by Crippen LogP contribution is 2.20. The van der Waals surface area contributed by atoms with Crippen LogP contribution in [0.1, 0.15) is 34.6 Å². The van der Waals surface area contributed by atoms with Crippen LogP contribution < -0.4 is 5.32 Å². The fourth-order valence-corrected chi connectivity index (χ4v) is 2.60. The quantitative estimate of drug-likeness (QED) is 0.600. The summed E-state index contributed by atoms with van der Waals surface area (Å²) in [7, 11) is 0. The lowest BCUT2D eigenvalue weighted by Crippen LogP contribution is -2.24. The monoisotopic (exact) mass is 407 g/mol. The topological polar surface area (TPSA) is 72.5 Å². The van der Waals surface area contributed by atoms with Crippen LogP contribution in [-0.4, -0.2) is 23.8 Å². The third-order valence-corrected chi connectivity index (χ3v) is 3.95. The number of hydrogen-bond acceptors (Lipinski definition) is 4. The summed E-state index contributed by atoms with van der Waals surface area (Å²) >= 11 is 3.09. The molecule has 0 radical (unpaired) electrons. The van der Waals surface area contributed by atoms with Crippen LogP contribution in [0.25, 0.3) is 0 Å². The highest BCUT2D eigenvalue weighted by Gasteiger charge is 2.21. The highest BCUT2D eigenvalue weighted by molar-refractivity contribution is 9.10. The molecule has 5 nitrogen and oxygen atoms in total. The molecule has 0 aliphatic carbocycles. The van der Waals surface area contributed by atoms with Gasteiger partial charge in [0.05, 0.1) is 5.56 Å². The smallest absolute Gasteiger partial charge is 0.340 e. The summed E-state index contributed by atoms with van der Waals surface area (Å²) in [6, 6.07) is 9.79. The Bertz CT molecular complexity index is 820. The lowest BCUT2D eigenvalue weighted by Gasteiger charge is -2.13. The third-order valence-electron chi connectivity index (χ3n) is 3.29. The van der Waals surface area contributed by atoms with Crippen LogP contribution in [0.15, 0.2) is 46.9 Å². The number of ether oxygens (including phenoxy) is 1. The normalized spacial score (nSPS) is 11.5. The maximum Gasteiger partial charge on any atom is 0.340 e. The Hall–Kier alpha value is -2.54. The zero-order valence-electron chi connectivity index (χ0n) is 13.5. The molecule has 130 valence electrons. The van der Waals surface area contributed by atoms with E-state index in [4.69, 9.17) is 4.74 Å². The van der Waals surface area contributed by atoms with E-state index in [9.17, 15) is 18.8 Å². The number of esters is 1. The zero-order valence-corrected chi connectivity index (χ0v) is 15.1. The first-order valence-electron chi connectivity index (χ1n) is 7.36. The Balaban J connectivity index is 2.06. The lowest BCUT2D eigenvalue weighted by atomic mass is 10.1. The molecule has 0 aliphatic heterocycles. The summed E-state index contributed by atoms with van der Waals surface area (Å²) in [4.78, 5) is 35.5. The van der Waals surface area contributed by atoms with E-state index in [0.29, 0.717) is 11.3 Å². The van der Waals surface area contributed by atoms with Gasteiger partial charge in [-0.1, -0.05) is 0 Å². The number of Topliss-reactive ketones (excluding diaryl/α,β-unsaturated/α-hetero) is 1. The second-order valence-corrected chi connectivity index (χ2v) is 6.15. The number of halogens is 2. The lowest BCUT2D eigenvalue weighted by molar-refractivity contribution is -0.114. The molecule has 1 atom stereocenters. The summed E-state index contributed by atoms with van der Waals surface area (Å²) in [5.74, 6) is -1.83. The molecule has 1 amide bonds. The molecule has 0 aliphatic rings. The van der Waals surface area contributed by atoms with Gasteiger partial charge in [-0.15, -0.1) is 0 Å². The third kappa shape index (κ3) is 4.96. The van der Waals surface area contributed by atoms with Crippen molar-refractivity contribution in [1.29, 1.82) is 0 Å². The van der Waals surface area contributed by atoms with Crippen molar-refractivity contribution in [2.24, 2.45) is 0 Å². The van der Waals surface area contributed by atoms with E-state index < -0.39 is 17.9 Å². The molecular weight excluding hydrogens is 393 g/mol. The SMILES string of the molecule is CC(=O)Nc1ccc(C(=O)[C@@H](C)OC(=O)c2ccc(F)cc2Br)cc1. The molecule has 0 saturated carbocycles. The zero-order chi connectivity index (χ0) is 18.6. The Morgan fingerprint density at radius 2 is 1.76 bits per heavy atom. The minimum absolute atomic E-state index is 0.127. The van der Waals surface area contributed by atoms with Crippen LogP contribution in [0, 0.1) is 5.82 Å². The van der Waals surface area contributed by atoms with Gasteiger partial charge in [0, 0.05) is 22.6 Å². The van der Waals surface area contributed by atoms with E-state index >= 15 is 0 Å². The van der Waals surface area contributed by atoms with Crippen molar-refractivity contribution in [2.45, 2.75) is 20.0 Å². The van der Waals surface area contributed by atoms with Crippen LogP contribution in [0.5, 0.6) is 0 Å². The highest BCUT2D eigenvalue weighted by atomic mass is 79.9. The van der Waals surface area contributed by atoms with Gasteiger partial charge in [-0.05, 0) is 65.3 Å². The summed E-state index contributed by atoms with van der Waals surface area (Å²) in [5.41, 5.74) is 1.03. The summed E-state index contributed by atoms with van der Waals surface area (Å²) in [6.07, 6.45) is -1.02. The van der Waals surface area contributed by atoms with Crippen LogP contribution in [0.3, 0.4) is 0 Å². The molecule has 1 N–H and O–H groups in total. The summed E-state index contributed by atoms with van der Waals surface area (Å²) in [5, 5.41) is 2.59. The predicted molar refractivity (Wildman–Crippen MR) is 94.1 cm³/mol. The molecular formula is C18H15BrFNO4. The summed E-state index contributed by atoms with van der Waals surface area (Å²) < 4.78 is 18.5. The maximum absolute atomic E-state index is 13.1. The van der Waals surface area contributed by atoms with Crippen molar-refractivity contribution < 1.29 is 23.5 Å². The number of anilines is 1. The molecule has 2 aromatic carbocycles. The van der Waals surface area contributed by atoms with Crippen molar-refractivity contribution in [3.63, 3.8) is 0 Å². The number of carbonyl (C=O) groups excluding carboxylic acids is 3. The van der Waals surface area contributed by atoms with E-state index in [1.165, 1.54) is 32.0 Å². The van der Waals surface area contributed by atoms with Gasteiger partial charge in [-0.25, -0.2) is 9.18 Å². The molecule has 0 heterocycles. The predicted octanol–water partition coefficient (Wildman–Crippen LogP) is 3.97. The van der Waals surface area contributed by atoms with Crippen LogP contribution >= 0.6 is 15.9 Å². The van der Waals surface area contributed by atoms with Crippen molar-refractivity contribution in [2.75, 3.05) is 5.32 Å². The number of rotatable bonds is 5. The van der Waals surface area contributed by atoms with Crippen LogP contribution in [-0.2, 0) is 9.53 Å². The first-order chi connectivity index (χ1) is 11.8. The Labute approximate surface area is 152 Å². The average Bonchev–Trinajstić information content (AvgIpc) is 2.54. The minimum atomic E-state index is -1.02. The fraction of sp³-hybridized carbons (Fsp3) is 0.167. The standard InChI is InChI=1S/C18H15BrFNO4/c1-10(25-18(24)15-8-5-13(20)9-16(15)19)17(23)12-3-6-14(7-4-12)21-11(2)22/h3-10H,1-2H3,(H,21,22)/t10-/m1/s1. The second-order valence-electron chi connectivity index (χ2n) is 5.29. The second kappa shape index (κ2) is 8.02. The maximum atomic E-state index is 13.1. The Morgan fingerprint density at radius 1 is 1.12 bits per heavy atom. The molecule has 0 fully saturated rings. The van der Waals surface area contributed by atoms with E-state index in [2.05, 4.69) is 21.2 Å². The molecule has 0 unspecified atom stereocenters. The van der Waals surface area contributed by atoms with E-state index in [0.717, 1.165) is 12.1 Å². The van der Waals surface area contributed by atoms with Gasteiger partial charge in [0.2, 0.25) is 11.7 Å². The molecule has 2 aromatic rings. The van der Waals surface area contributed by atoms with Gasteiger partial charge in [-0.2, -0.15) is 0 Å². The van der Waals surface area contributed by atoms with E-state index in [1.54, 1.807) is 12.1 Å². The van der Waals surface area contributed by atoms with Crippen molar-refractivity contribution in [1.82, 2.24) is 0 Å². The first-order valence-corrected chi connectivity index (χ1v) is 8.15. The van der Waals surface area contributed by atoms with Gasteiger partial charge >= 0.3 is 5.97 Å². The van der Waals surface area contributed by atoms with Gasteiger partial charge in [0.25, 0.3) is 0 Å². The fourth-order valence-electron chi connectivity index (χ4n) is 2.09. The average molecular weight is 408 g/mol. The van der Waals surface area contributed by atoms with Crippen molar-refractivity contribution >= 4 is 39.3 Å². The van der Waals surface area contributed by atoms with Crippen LogP contribution in [0.2, 0.25) is 0 Å². The van der Waals surface area contributed by atoms with Crippen molar-refractivity contribution in [3.05, 3.63) is 63.9 Å². The molecule has 0 aromatic heterocycles.